The Hall–Kier alpha value is -13.0. The molecule has 0 saturated heterocycles. The SMILES string of the molecule is C=Cc1c(C)c2cc3nc(c4c5[nH]c(cc6nc(cc1[nH]2)C(C)=C6CC)c(C)c5C(=O)C4)[C@@H](CCC(=O)NC(CCCCNC(=O)CC[C@H](NC(=O)c1ccc(NCc2cnc4nc(N)[nH]c(=O)c4n2)cc1)C(=O)O)C(=O)NCC(=O)NC(CC(=O)O)C(=O)CC(CCC(=O)O)C(=O)NC(C(=O)CC(C=O)CC(=O)O)C(C)C)C3(C)C. The number of carbonyl (C=O) groups is 14. The van der Waals surface area contributed by atoms with E-state index >= 15 is 0 Å². The van der Waals surface area contributed by atoms with Crippen molar-refractivity contribution >= 4 is 145 Å². The minimum absolute atomic E-state index is 0.0123. The molecule has 614 valence electrons. The van der Waals surface area contributed by atoms with Gasteiger partial charge in [-0.05, 0) is 136 Å². The highest BCUT2D eigenvalue weighted by atomic mass is 16.4. The van der Waals surface area contributed by atoms with Gasteiger partial charge in [0.05, 0.1) is 72.5 Å². The summed E-state index contributed by atoms with van der Waals surface area (Å²) in [5, 5.41) is 57.1. The van der Waals surface area contributed by atoms with Crippen molar-refractivity contribution in [1.82, 2.24) is 71.8 Å². The Morgan fingerprint density at radius 3 is 2.05 bits per heavy atom. The summed E-state index contributed by atoms with van der Waals surface area (Å²) in [6, 6.07) is 5.78. The maximum Gasteiger partial charge on any atom is 0.326 e. The number of allylic oxidation sites excluding steroid dienone is 2. The number of aryl methyl sites for hydroxylation is 2. The van der Waals surface area contributed by atoms with Crippen molar-refractivity contribution in [3.8, 4) is 0 Å². The highest BCUT2D eigenvalue weighted by Gasteiger charge is 2.44. The number of nitrogens with zero attached hydrogens (tertiary/aromatic N) is 5. The number of nitrogens with two attached hydrogens (primary N) is 1. The van der Waals surface area contributed by atoms with Gasteiger partial charge in [0.2, 0.25) is 35.5 Å². The van der Waals surface area contributed by atoms with Crippen LogP contribution in [0.15, 0.2) is 60.0 Å². The Morgan fingerprint density at radius 2 is 1.39 bits per heavy atom. The van der Waals surface area contributed by atoms with E-state index < -0.39 is 175 Å². The van der Waals surface area contributed by atoms with Crippen LogP contribution in [-0.2, 0) is 75.9 Å². The molecule has 6 amide bonds. The van der Waals surface area contributed by atoms with E-state index in [2.05, 4.69) is 80.6 Å². The third-order valence-electron chi connectivity index (χ3n) is 21.2. The second-order valence-corrected chi connectivity index (χ2v) is 30.1. The lowest BCUT2D eigenvalue weighted by atomic mass is 9.73. The van der Waals surface area contributed by atoms with Crippen molar-refractivity contribution in [2.75, 3.05) is 24.1 Å². The van der Waals surface area contributed by atoms with Gasteiger partial charge >= 0.3 is 23.9 Å². The second kappa shape index (κ2) is 38.2. The average molecular weight is 1600 g/mol. The number of aldehydes is 1. The molecule has 0 fully saturated rings. The molecule has 0 saturated carbocycles. The molecule has 1 aromatic carbocycles. The standard InChI is InChI=1S/C81H96N16O19/c1-10-47-39(5)53-30-56-48(11-2)40(6)55(89-56)32-62-81(8,9)50(71(94-62)49-29-60(100)69-41(7)54(92-72(49)69)31-57(47)88-53)20-22-64(103)90-51(77(113)86-36-65(104)91-58(33-68(109)110)59(99)28-44(17-24-66(105)106)76(112)95-70(38(3)4)61(101)26-42(37-98)27-67(107)108)14-12-13-25-83-63(102)23-21-52(79(115)116)93-75(111)43-15-18-45(19-16-43)84-34-46-35-85-74-73(87-46)78(114)97-80(82)96-74/h11,15-16,18-19,30-32,35,37-38,42,44,50-52,58,70,84,89,92H,2,10,12-14,17,20-29,33-34,36H2,1,3-9H3,(H,83,102)(H,86,113)(H,90,103)(H,91,104)(H,93,111)(H,95,112)(H,105,106)(H,107,108)(H,109,110)(H,115,116)(H3,82,85,96,97,114)/t42?,44?,50-,51?,52+,58?,70?/m1/s1. The van der Waals surface area contributed by atoms with Crippen LogP contribution in [-0.4, -0.2) is 181 Å². The van der Waals surface area contributed by atoms with Gasteiger partial charge < -0.3 is 78.1 Å². The molecule has 35 heteroatoms. The van der Waals surface area contributed by atoms with Crippen LogP contribution in [0.2, 0.25) is 0 Å². The van der Waals surface area contributed by atoms with Crippen LogP contribution in [0.1, 0.15) is 209 Å². The van der Waals surface area contributed by atoms with E-state index in [1.54, 1.807) is 18.2 Å². The topological polar surface area (TPSA) is 559 Å². The first-order chi connectivity index (χ1) is 55.0. The summed E-state index contributed by atoms with van der Waals surface area (Å²) < 4.78 is 0. The number of benzene rings is 1. The summed E-state index contributed by atoms with van der Waals surface area (Å²) in [4.78, 5) is 229. The summed E-state index contributed by atoms with van der Waals surface area (Å²) in [6.07, 6.45) is -0.779. The summed E-state index contributed by atoms with van der Waals surface area (Å²) in [6.45, 7) is 18.3. The minimum Gasteiger partial charge on any atom is -0.481 e. The number of unbranched alkanes of at least 4 members (excludes halogenated alkanes) is 1. The number of carbonyl (C=O) groups excluding carboxylic acids is 10. The van der Waals surface area contributed by atoms with Crippen molar-refractivity contribution in [2.24, 2.45) is 17.8 Å². The molecule has 0 spiro atoms. The number of ketones is 3. The van der Waals surface area contributed by atoms with E-state index in [1.807, 2.05) is 52.8 Å². The predicted octanol–water partition coefficient (Wildman–Crippen LogP) is 6.06. The number of H-pyrrole nitrogens is 3. The second-order valence-electron chi connectivity index (χ2n) is 30.1. The Bertz CT molecular complexity index is 5210. The lowest BCUT2D eigenvalue weighted by Crippen LogP contribution is -2.51. The molecule has 116 heavy (non-hydrogen) atoms. The Morgan fingerprint density at radius 1 is 0.690 bits per heavy atom. The number of carboxylic acid groups (broad SMARTS) is 4. The van der Waals surface area contributed by atoms with Crippen molar-refractivity contribution in [3.63, 3.8) is 0 Å². The number of hydrogen-bond donors (Lipinski definition) is 15. The Labute approximate surface area is 664 Å². The molecule has 7 heterocycles. The van der Waals surface area contributed by atoms with Crippen LogP contribution in [0.3, 0.4) is 0 Å². The fraction of sp³-hybridized carbons (Fsp3) is 0.432. The molecule has 0 radical (unpaired) electrons. The number of nitrogen functional groups attached to an aromatic ring is 1. The number of anilines is 2. The van der Waals surface area contributed by atoms with Crippen LogP contribution in [0, 0.1) is 31.6 Å². The van der Waals surface area contributed by atoms with Gasteiger partial charge in [0, 0.05) is 118 Å². The normalized spacial score (nSPS) is 14.9. The first kappa shape index (κ1) is 87.0. The first-order valence-electron chi connectivity index (χ1n) is 38.1. The van der Waals surface area contributed by atoms with Crippen molar-refractivity contribution in [2.45, 2.75) is 194 Å². The minimum atomic E-state index is -1.88. The van der Waals surface area contributed by atoms with Crippen molar-refractivity contribution < 1.29 is 87.5 Å². The Kier molecular flexibility index (Phi) is 28.7. The fourth-order valence-electron chi connectivity index (χ4n) is 14.7. The molecule has 2 aliphatic heterocycles. The molecule has 5 unspecified atom stereocenters. The number of aliphatic carboxylic acids is 4. The first-order valence-corrected chi connectivity index (χ1v) is 38.1. The van der Waals surface area contributed by atoms with Gasteiger partial charge in [0.15, 0.2) is 28.5 Å². The molecular formula is C81H96N16O19. The summed E-state index contributed by atoms with van der Waals surface area (Å²) in [5.74, 6) is -16.7. The van der Waals surface area contributed by atoms with Gasteiger partial charge in [-0.3, -0.25) is 72.3 Å². The third-order valence-corrected chi connectivity index (χ3v) is 21.2. The number of aromatic amines is 3. The zero-order chi connectivity index (χ0) is 84.7. The molecule has 8 bridgehead atoms. The molecule has 7 atom stereocenters. The number of carboxylic acids is 4. The summed E-state index contributed by atoms with van der Waals surface area (Å²) in [5.41, 5.74) is 16.5. The molecular weight excluding hydrogens is 1500 g/mol. The van der Waals surface area contributed by atoms with Crippen LogP contribution in [0.5, 0.6) is 0 Å². The van der Waals surface area contributed by atoms with Gasteiger partial charge in [-0.25, -0.2) is 19.7 Å². The van der Waals surface area contributed by atoms with Gasteiger partial charge in [0.1, 0.15) is 18.4 Å². The fourth-order valence-corrected chi connectivity index (χ4v) is 14.7. The monoisotopic (exact) mass is 1600 g/mol. The summed E-state index contributed by atoms with van der Waals surface area (Å²) >= 11 is 0. The number of Topliss-reactive ketones (excluding diaryl/α,β-unsaturated/α-hetero) is 3. The maximum absolute atomic E-state index is 14.6. The van der Waals surface area contributed by atoms with E-state index in [1.165, 1.54) is 32.2 Å². The number of amides is 6. The number of hydrogen-bond acceptors (Lipinski definition) is 22. The summed E-state index contributed by atoms with van der Waals surface area (Å²) in [7, 11) is 0. The number of fused-ring (bicyclic) bond motifs is 9. The van der Waals surface area contributed by atoms with E-state index in [0.29, 0.717) is 51.4 Å². The van der Waals surface area contributed by atoms with Crippen LogP contribution in [0.25, 0.3) is 50.5 Å². The van der Waals surface area contributed by atoms with Crippen LogP contribution < -0.4 is 48.5 Å². The molecule has 3 aliphatic rings. The lowest BCUT2D eigenvalue weighted by molar-refractivity contribution is -0.142. The molecule has 35 nitrogen and oxygen atoms in total. The largest absolute Gasteiger partial charge is 0.481 e. The zero-order valence-electron chi connectivity index (χ0n) is 65.6. The molecule has 9 rings (SSSR count). The molecule has 16 N–H and O–H groups in total. The average Bonchev–Trinajstić information content (AvgIpc) is 1.57. The van der Waals surface area contributed by atoms with E-state index in [0.717, 1.165) is 50.3 Å². The zero-order valence-corrected chi connectivity index (χ0v) is 65.6. The highest BCUT2D eigenvalue weighted by molar-refractivity contribution is 6.13. The van der Waals surface area contributed by atoms with Gasteiger partial charge in [-0.1, -0.05) is 47.3 Å². The molecule has 6 aromatic rings. The Balaban J connectivity index is 0.896. The van der Waals surface area contributed by atoms with E-state index in [4.69, 9.17) is 15.7 Å². The highest BCUT2D eigenvalue weighted by Crippen LogP contribution is 2.48. The van der Waals surface area contributed by atoms with Gasteiger partial charge in [-0.15, -0.1) is 0 Å². The number of aromatic nitrogens is 8. The van der Waals surface area contributed by atoms with Gasteiger partial charge in [-0.2, -0.15) is 4.98 Å². The quantitative estimate of drug-likeness (QED) is 0.0153. The van der Waals surface area contributed by atoms with Crippen LogP contribution >= 0.6 is 0 Å². The van der Waals surface area contributed by atoms with Gasteiger partial charge in [0.25, 0.3) is 11.5 Å². The number of nitrogens with one attached hydrogen (secondary N) is 10. The van der Waals surface area contributed by atoms with Crippen LogP contribution in [0.4, 0.5) is 11.6 Å². The van der Waals surface area contributed by atoms with Crippen molar-refractivity contribution in [3.05, 3.63) is 127 Å². The van der Waals surface area contributed by atoms with E-state index in [9.17, 15) is 92.3 Å². The van der Waals surface area contributed by atoms with Crippen molar-refractivity contribution in [1.29, 1.82) is 0 Å². The molecule has 5 aromatic heterocycles. The smallest absolute Gasteiger partial charge is 0.326 e. The van der Waals surface area contributed by atoms with E-state index in [-0.39, 0.29) is 99.2 Å². The lowest BCUT2D eigenvalue weighted by Gasteiger charge is -2.28. The third kappa shape index (κ3) is 21.5. The maximum atomic E-state index is 14.6. The molecule has 1 aliphatic carbocycles. The predicted molar refractivity (Wildman–Crippen MR) is 425 cm³/mol. The number of rotatable bonds is 41.